The monoisotopic (exact) mass is 354 g/mol. The van der Waals surface area contributed by atoms with E-state index in [1.807, 2.05) is 30.3 Å². The normalized spacial score (nSPS) is 17.0. The van der Waals surface area contributed by atoms with Crippen LogP contribution in [0.3, 0.4) is 0 Å². The van der Waals surface area contributed by atoms with Crippen molar-refractivity contribution in [2.24, 2.45) is 0 Å². The first-order valence-electron chi connectivity index (χ1n) is 9.18. The van der Waals surface area contributed by atoms with Crippen LogP contribution >= 0.6 is 0 Å². The third-order valence-corrected chi connectivity index (χ3v) is 5.40. The molecule has 2 heterocycles. The molecule has 0 saturated carbocycles. The average Bonchev–Trinajstić information content (AvgIpc) is 3.19. The van der Waals surface area contributed by atoms with E-state index in [4.69, 9.17) is 4.42 Å². The summed E-state index contributed by atoms with van der Waals surface area (Å²) in [7, 11) is 0. The minimum atomic E-state index is -0.376. The van der Waals surface area contributed by atoms with Gasteiger partial charge in [0.1, 0.15) is 11.5 Å². The largest absolute Gasteiger partial charge is 0.467 e. The zero-order valence-electron chi connectivity index (χ0n) is 15.2. The molecule has 1 aliphatic rings. The van der Waals surface area contributed by atoms with Crippen molar-refractivity contribution in [3.05, 3.63) is 60.1 Å². The minimum absolute atomic E-state index is 0.0212. The lowest BCUT2D eigenvalue weighted by atomic mass is 9.70. The van der Waals surface area contributed by atoms with Crippen molar-refractivity contribution in [1.29, 1.82) is 0 Å². The van der Waals surface area contributed by atoms with Gasteiger partial charge in [0.2, 0.25) is 5.91 Å². The molecule has 1 amide bonds. The number of carbonyl (C=O) groups excluding carboxylic acids is 2. The molecule has 5 nitrogen and oxygen atoms in total. The standard InChI is InChI=1S/C21H26N2O3/c1-17(24)21(18-6-3-2-4-7-18)10-13-23(14-11-21)12-9-20(25)22-16-19-8-5-15-26-19/h2-8,15H,9-14,16H2,1H3,(H,22,25). The molecule has 1 fully saturated rings. The van der Waals surface area contributed by atoms with Crippen molar-refractivity contribution in [2.75, 3.05) is 19.6 Å². The van der Waals surface area contributed by atoms with E-state index in [1.54, 1.807) is 13.2 Å². The van der Waals surface area contributed by atoms with E-state index in [2.05, 4.69) is 22.3 Å². The number of hydrogen-bond acceptors (Lipinski definition) is 4. The highest BCUT2D eigenvalue weighted by atomic mass is 16.3. The van der Waals surface area contributed by atoms with Crippen LogP contribution in [0.2, 0.25) is 0 Å². The van der Waals surface area contributed by atoms with Gasteiger partial charge in [0, 0.05) is 13.0 Å². The molecule has 138 valence electrons. The number of carbonyl (C=O) groups is 2. The Balaban J connectivity index is 1.48. The van der Waals surface area contributed by atoms with Gasteiger partial charge in [0.25, 0.3) is 0 Å². The van der Waals surface area contributed by atoms with Gasteiger partial charge in [0.05, 0.1) is 18.2 Å². The molecule has 5 heteroatoms. The van der Waals surface area contributed by atoms with E-state index in [0.717, 1.165) is 37.3 Å². The molecule has 1 aromatic carbocycles. The van der Waals surface area contributed by atoms with Crippen molar-refractivity contribution < 1.29 is 14.0 Å². The van der Waals surface area contributed by atoms with Gasteiger partial charge < -0.3 is 14.6 Å². The Hall–Kier alpha value is -2.40. The van der Waals surface area contributed by atoms with Crippen molar-refractivity contribution in [2.45, 2.75) is 38.1 Å². The zero-order chi connectivity index (χ0) is 18.4. The predicted molar refractivity (Wildman–Crippen MR) is 99.6 cm³/mol. The summed E-state index contributed by atoms with van der Waals surface area (Å²) in [6.07, 6.45) is 3.67. The number of likely N-dealkylation sites (tertiary alicyclic amines) is 1. The number of piperidine rings is 1. The molecule has 3 rings (SSSR count). The first-order valence-corrected chi connectivity index (χ1v) is 9.18. The van der Waals surface area contributed by atoms with Crippen LogP contribution in [0, 0.1) is 0 Å². The number of nitrogens with zero attached hydrogens (tertiary/aromatic N) is 1. The van der Waals surface area contributed by atoms with Crippen LogP contribution in [0.25, 0.3) is 0 Å². The van der Waals surface area contributed by atoms with Gasteiger partial charge in [-0.05, 0) is 50.6 Å². The van der Waals surface area contributed by atoms with Gasteiger partial charge in [-0.25, -0.2) is 0 Å². The third-order valence-electron chi connectivity index (χ3n) is 5.40. The number of hydrogen-bond donors (Lipinski definition) is 1. The van der Waals surface area contributed by atoms with Crippen LogP contribution in [-0.2, 0) is 21.5 Å². The lowest BCUT2D eigenvalue weighted by Crippen LogP contribution is -2.47. The molecule has 0 radical (unpaired) electrons. The first kappa shape index (κ1) is 18.4. The summed E-state index contributed by atoms with van der Waals surface area (Å²) in [4.78, 5) is 26.7. The van der Waals surface area contributed by atoms with Gasteiger partial charge in [0.15, 0.2) is 0 Å². The summed E-state index contributed by atoms with van der Waals surface area (Å²) in [6.45, 7) is 4.50. The average molecular weight is 354 g/mol. The van der Waals surface area contributed by atoms with Crippen LogP contribution < -0.4 is 5.32 Å². The number of amides is 1. The number of nitrogens with one attached hydrogen (secondary N) is 1. The van der Waals surface area contributed by atoms with E-state index in [1.165, 1.54) is 0 Å². The molecular formula is C21H26N2O3. The van der Waals surface area contributed by atoms with E-state index < -0.39 is 0 Å². The number of Topliss-reactive ketones (excluding diaryl/α,β-unsaturated/α-hetero) is 1. The molecule has 0 aliphatic carbocycles. The smallest absolute Gasteiger partial charge is 0.221 e. The fourth-order valence-electron chi connectivity index (χ4n) is 3.71. The molecule has 0 bridgehead atoms. The van der Waals surface area contributed by atoms with Crippen LogP contribution in [0.15, 0.2) is 53.1 Å². The molecule has 0 spiro atoms. The van der Waals surface area contributed by atoms with E-state index in [0.29, 0.717) is 19.5 Å². The maximum atomic E-state index is 12.4. The lowest BCUT2D eigenvalue weighted by Gasteiger charge is -2.40. The predicted octanol–water partition coefficient (Wildman–Crippen LogP) is 2.91. The van der Waals surface area contributed by atoms with Gasteiger partial charge in [-0.3, -0.25) is 9.59 Å². The number of rotatable bonds is 7. The van der Waals surface area contributed by atoms with Crippen LogP contribution in [0.4, 0.5) is 0 Å². The summed E-state index contributed by atoms with van der Waals surface area (Å²) in [5, 5.41) is 2.87. The van der Waals surface area contributed by atoms with Crippen LogP contribution in [0.1, 0.15) is 37.5 Å². The van der Waals surface area contributed by atoms with Crippen LogP contribution in [-0.4, -0.2) is 36.2 Å². The first-order chi connectivity index (χ1) is 12.6. The Bertz CT molecular complexity index is 717. The highest BCUT2D eigenvalue weighted by Gasteiger charge is 2.40. The lowest BCUT2D eigenvalue weighted by molar-refractivity contribution is -0.125. The Morgan fingerprint density at radius 2 is 1.85 bits per heavy atom. The molecule has 26 heavy (non-hydrogen) atoms. The Labute approximate surface area is 154 Å². The molecule has 1 saturated heterocycles. The molecule has 1 aliphatic heterocycles. The minimum Gasteiger partial charge on any atom is -0.467 e. The van der Waals surface area contributed by atoms with Gasteiger partial charge >= 0.3 is 0 Å². The molecule has 2 aromatic rings. The fourth-order valence-corrected chi connectivity index (χ4v) is 3.71. The molecule has 1 aromatic heterocycles. The SMILES string of the molecule is CC(=O)C1(c2ccccc2)CCN(CCC(=O)NCc2ccco2)CC1. The van der Waals surface area contributed by atoms with Gasteiger partial charge in [-0.1, -0.05) is 30.3 Å². The second-order valence-corrected chi connectivity index (χ2v) is 6.95. The second-order valence-electron chi connectivity index (χ2n) is 6.95. The topological polar surface area (TPSA) is 62.6 Å². The van der Waals surface area contributed by atoms with E-state index >= 15 is 0 Å². The highest BCUT2D eigenvalue weighted by molar-refractivity contribution is 5.88. The maximum absolute atomic E-state index is 12.4. The number of ketones is 1. The van der Waals surface area contributed by atoms with Crippen LogP contribution in [0.5, 0.6) is 0 Å². The Kier molecular flexibility index (Phi) is 5.89. The van der Waals surface area contributed by atoms with Gasteiger partial charge in [-0.15, -0.1) is 0 Å². The summed E-state index contributed by atoms with van der Waals surface area (Å²) in [5.41, 5.74) is 0.739. The third kappa shape index (κ3) is 4.22. The van der Waals surface area contributed by atoms with Crippen molar-refractivity contribution in [1.82, 2.24) is 10.2 Å². The maximum Gasteiger partial charge on any atom is 0.221 e. The Morgan fingerprint density at radius 1 is 1.12 bits per heavy atom. The van der Waals surface area contributed by atoms with Crippen molar-refractivity contribution in [3.8, 4) is 0 Å². The molecule has 1 N–H and O–H groups in total. The molecule has 0 unspecified atom stereocenters. The Morgan fingerprint density at radius 3 is 2.46 bits per heavy atom. The quantitative estimate of drug-likeness (QED) is 0.830. The van der Waals surface area contributed by atoms with Crippen molar-refractivity contribution >= 4 is 11.7 Å². The molecular weight excluding hydrogens is 328 g/mol. The van der Waals surface area contributed by atoms with Gasteiger partial charge in [-0.2, -0.15) is 0 Å². The fraction of sp³-hybridized carbons (Fsp3) is 0.429. The zero-order valence-corrected chi connectivity index (χ0v) is 15.2. The summed E-state index contributed by atoms with van der Waals surface area (Å²) < 4.78 is 5.21. The summed E-state index contributed by atoms with van der Waals surface area (Å²) >= 11 is 0. The number of furan rings is 1. The summed E-state index contributed by atoms with van der Waals surface area (Å²) in [6, 6.07) is 13.7. The highest BCUT2D eigenvalue weighted by Crippen LogP contribution is 2.36. The van der Waals surface area contributed by atoms with Crippen molar-refractivity contribution in [3.63, 3.8) is 0 Å². The second kappa shape index (κ2) is 8.32. The van der Waals surface area contributed by atoms with E-state index in [-0.39, 0.29) is 17.1 Å². The number of benzene rings is 1. The molecule has 0 atom stereocenters. The van der Waals surface area contributed by atoms with E-state index in [9.17, 15) is 9.59 Å². The summed E-state index contributed by atoms with van der Waals surface area (Å²) in [5.74, 6) is 1.01.